The summed E-state index contributed by atoms with van der Waals surface area (Å²) in [5.41, 5.74) is -0.794. The summed E-state index contributed by atoms with van der Waals surface area (Å²) in [5.74, 6) is -0.772. The molecule has 0 aliphatic heterocycles. The van der Waals surface area contributed by atoms with E-state index in [0.717, 1.165) is 17.4 Å². The lowest BCUT2D eigenvalue weighted by atomic mass is 9.98. The molecule has 0 radical (unpaired) electrons. The summed E-state index contributed by atoms with van der Waals surface area (Å²) in [6.45, 7) is 0. The SMILES string of the molecule is O=C(O)C1(Nc2nc(Br)cs2)CCCC1. The molecule has 1 aliphatic rings. The Hall–Kier alpha value is -0.620. The van der Waals surface area contributed by atoms with E-state index in [1.165, 1.54) is 11.3 Å². The second-order valence-electron chi connectivity index (χ2n) is 3.69. The molecule has 1 aliphatic carbocycles. The third-order valence-corrected chi connectivity index (χ3v) is 4.16. The van der Waals surface area contributed by atoms with Crippen molar-refractivity contribution in [2.45, 2.75) is 31.2 Å². The number of rotatable bonds is 3. The Morgan fingerprint density at radius 3 is 2.73 bits per heavy atom. The first kappa shape index (κ1) is 10.9. The van der Waals surface area contributed by atoms with Crippen LogP contribution in [0.3, 0.4) is 0 Å². The molecule has 4 nitrogen and oxygen atoms in total. The fraction of sp³-hybridized carbons (Fsp3) is 0.556. The number of hydrogen-bond donors (Lipinski definition) is 2. The Kier molecular flexibility index (Phi) is 2.97. The molecule has 0 bridgehead atoms. The number of halogens is 1. The normalized spacial score (nSPS) is 19.0. The monoisotopic (exact) mass is 290 g/mol. The second kappa shape index (κ2) is 4.09. The minimum Gasteiger partial charge on any atom is -0.480 e. The van der Waals surface area contributed by atoms with Crippen LogP contribution in [0, 0.1) is 0 Å². The first-order chi connectivity index (χ1) is 7.12. The Morgan fingerprint density at radius 2 is 2.27 bits per heavy atom. The van der Waals surface area contributed by atoms with E-state index < -0.39 is 11.5 Å². The molecule has 15 heavy (non-hydrogen) atoms. The number of anilines is 1. The number of carbonyl (C=O) groups is 1. The van der Waals surface area contributed by atoms with Gasteiger partial charge in [-0.2, -0.15) is 0 Å². The summed E-state index contributed by atoms with van der Waals surface area (Å²) < 4.78 is 0.744. The average molecular weight is 291 g/mol. The van der Waals surface area contributed by atoms with Crippen LogP contribution in [0.5, 0.6) is 0 Å². The van der Waals surface area contributed by atoms with Crippen molar-refractivity contribution in [3.05, 3.63) is 9.98 Å². The molecule has 1 fully saturated rings. The molecule has 1 heterocycles. The fourth-order valence-corrected chi connectivity index (χ4v) is 3.13. The maximum atomic E-state index is 11.2. The first-order valence-electron chi connectivity index (χ1n) is 4.75. The third kappa shape index (κ3) is 2.15. The maximum Gasteiger partial charge on any atom is 0.329 e. The lowest BCUT2D eigenvalue weighted by Crippen LogP contribution is -2.43. The molecule has 0 unspecified atom stereocenters. The van der Waals surface area contributed by atoms with Gasteiger partial charge >= 0.3 is 5.97 Å². The van der Waals surface area contributed by atoms with Crippen LogP contribution in [-0.2, 0) is 4.79 Å². The van der Waals surface area contributed by atoms with E-state index in [9.17, 15) is 9.90 Å². The van der Waals surface area contributed by atoms with E-state index >= 15 is 0 Å². The van der Waals surface area contributed by atoms with Gasteiger partial charge in [-0.1, -0.05) is 12.8 Å². The van der Waals surface area contributed by atoms with Crippen molar-refractivity contribution < 1.29 is 9.90 Å². The van der Waals surface area contributed by atoms with E-state index in [4.69, 9.17) is 0 Å². The van der Waals surface area contributed by atoms with E-state index in [1.54, 1.807) is 0 Å². The molecule has 0 aromatic carbocycles. The highest BCUT2D eigenvalue weighted by Crippen LogP contribution is 2.34. The standard InChI is InChI=1S/C9H11BrN2O2S/c10-6-5-15-8(11-6)12-9(7(13)14)3-1-2-4-9/h5H,1-4H2,(H,11,12)(H,13,14). The molecule has 6 heteroatoms. The Labute approximate surface area is 99.8 Å². The van der Waals surface area contributed by atoms with Crippen LogP contribution in [0.15, 0.2) is 9.98 Å². The molecule has 0 spiro atoms. The molecule has 2 N–H and O–H groups in total. The predicted molar refractivity (Wildman–Crippen MR) is 62.3 cm³/mol. The zero-order valence-corrected chi connectivity index (χ0v) is 10.4. The molecule has 1 aromatic heterocycles. The molecule has 0 amide bonds. The van der Waals surface area contributed by atoms with E-state index in [0.29, 0.717) is 18.0 Å². The largest absolute Gasteiger partial charge is 0.480 e. The minimum atomic E-state index is -0.794. The first-order valence-corrected chi connectivity index (χ1v) is 6.42. The van der Waals surface area contributed by atoms with Crippen molar-refractivity contribution >= 4 is 38.4 Å². The summed E-state index contributed by atoms with van der Waals surface area (Å²) in [6, 6.07) is 0. The van der Waals surface area contributed by atoms with E-state index in [2.05, 4.69) is 26.2 Å². The van der Waals surface area contributed by atoms with Crippen LogP contribution in [0.25, 0.3) is 0 Å². The molecule has 2 rings (SSSR count). The Bertz CT molecular complexity index is 374. The number of aromatic nitrogens is 1. The summed E-state index contributed by atoms with van der Waals surface area (Å²) >= 11 is 4.67. The van der Waals surface area contributed by atoms with Crippen molar-refractivity contribution in [1.82, 2.24) is 4.98 Å². The zero-order chi connectivity index (χ0) is 10.9. The third-order valence-electron chi connectivity index (χ3n) is 2.69. The summed E-state index contributed by atoms with van der Waals surface area (Å²) in [7, 11) is 0. The number of nitrogens with one attached hydrogen (secondary N) is 1. The van der Waals surface area contributed by atoms with Crippen molar-refractivity contribution in [2.24, 2.45) is 0 Å². The molecular weight excluding hydrogens is 280 g/mol. The predicted octanol–water partition coefficient (Wildman–Crippen LogP) is 2.71. The summed E-state index contributed by atoms with van der Waals surface area (Å²) in [5, 5.41) is 14.8. The summed E-state index contributed by atoms with van der Waals surface area (Å²) in [6.07, 6.45) is 3.29. The van der Waals surface area contributed by atoms with Crippen molar-refractivity contribution in [1.29, 1.82) is 0 Å². The maximum absolute atomic E-state index is 11.2. The van der Waals surface area contributed by atoms with Crippen molar-refractivity contribution in [3.63, 3.8) is 0 Å². The van der Waals surface area contributed by atoms with Gasteiger partial charge in [0.15, 0.2) is 5.13 Å². The fourth-order valence-electron chi connectivity index (χ4n) is 1.89. The van der Waals surface area contributed by atoms with Gasteiger partial charge in [0.05, 0.1) is 0 Å². The lowest BCUT2D eigenvalue weighted by molar-refractivity contribution is -0.142. The van der Waals surface area contributed by atoms with Crippen LogP contribution >= 0.6 is 27.3 Å². The van der Waals surface area contributed by atoms with Gasteiger partial charge in [0, 0.05) is 5.38 Å². The van der Waals surface area contributed by atoms with Crippen LogP contribution in [0.1, 0.15) is 25.7 Å². The molecule has 82 valence electrons. The van der Waals surface area contributed by atoms with Crippen molar-refractivity contribution in [2.75, 3.05) is 5.32 Å². The van der Waals surface area contributed by atoms with Gasteiger partial charge in [-0.3, -0.25) is 0 Å². The highest BCUT2D eigenvalue weighted by molar-refractivity contribution is 9.10. The number of nitrogens with zero attached hydrogens (tertiary/aromatic N) is 1. The van der Waals surface area contributed by atoms with Crippen LogP contribution in [-0.4, -0.2) is 21.6 Å². The van der Waals surface area contributed by atoms with Gasteiger partial charge in [-0.05, 0) is 28.8 Å². The molecule has 1 saturated carbocycles. The number of thiazole rings is 1. The summed E-state index contributed by atoms with van der Waals surface area (Å²) in [4.78, 5) is 15.4. The number of carboxylic acids is 1. The number of hydrogen-bond acceptors (Lipinski definition) is 4. The van der Waals surface area contributed by atoms with Gasteiger partial charge in [0.2, 0.25) is 0 Å². The zero-order valence-electron chi connectivity index (χ0n) is 7.99. The van der Waals surface area contributed by atoms with E-state index in [-0.39, 0.29) is 0 Å². The van der Waals surface area contributed by atoms with Gasteiger partial charge in [-0.25, -0.2) is 9.78 Å². The lowest BCUT2D eigenvalue weighted by Gasteiger charge is -2.24. The van der Waals surface area contributed by atoms with Gasteiger partial charge in [0.25, 0.3) is 0 Å². The Morgan fingerprint density at radius 1 is 1.60 bits per heavy atom. The van der Waals surface area contributed by atoms with Crippen molar-refractivity contribution in [3.8, 4) is 0 Å². The van der Waals surface area contributed by atoms with E-state index in [1.807, 2.05) is 5.38 Å². The van der Waals surface area contributed by atoms with Crippen LogP contribution in [0.2, 0.25) is 0 Å². The highest BCUT2D eigenvalue weighted by Gasteiger charge is 2.41. The second-order valence-corrected chi connectivity index (χ2v) is 5.37. The van der Waals surface area contributed by atoms with Gasteiger partial charge < -0.3 is 10.4 Å². The smallest absolute Gasteiger partial charge is 0.329 e. The Balaban J connectivity index is 2.17. The van der Waals surface area contributed by atoms with Gasteiger partial charge in [-0.15, -0.1) is 11.3 Å². The van der Waals surface area contributed by atoms with Gasteiger partial charge in [0.1, 0.15) is 10.1 Å². The number of carboxylic acid groups (broad SMARTS) is 1. The average Bonchev–Trinajstić information content (AvgIpc) is 2.77. The molecule has 0 atom stereocenters. The topological polar surface area (TPSA) is 62.2 Å². The molecule has 0 saturated heterocycles. The molecular formula is C9H11BrN2O2S. The van der Waals surface area contributed by atoms with Crippen LogP contribution in [0.4, 0.5) is 5.13 Å². The quantitative estimate of drug-likeness (QED) is 0.899. The minimum absolute atomic E-state index is 0.672. The van der Waals surface area contributed by atoms with Crippen LogP contribution < -0.4 is 5.32 Å². The highest BCUT2D eigenvalue weighted by atomic mass is 79.9. The molecule has 1 aromatic rings. The number of aliphatic carboxylic acids is 1.